The van der Waals surface area contributed by atoms with Crippen molar-refractivity contribution in [2.45, 2.75) is 50.2 Å². The Hall–Kier alpha value is -0.750. The predicted octanol–water partition coefficient (Wildman–Crippen LogP) is 2.00. The van der Waals surface area contributed by atoms with Gasteiger partial charge in [-0.25, -0.2) is 4.79 Å². The van der Waals surface area contributed by atoms with Gasteiger partial charge in [-0.15, -0.1) is 11.8 Å². The van der Waals surface area contributed by atoms with Crippen molar-refractivity contribution in [3.05, 3.63) is 0 Å². The monoisotopic (exact) mass is 314 g/mol. The maximum Gasteiger partial charge on any atom is 0.410 e. The number of carbonyl (C=O) groups is 2. The van der Waals surface area contributed by atoms with Crippen LogP contribution < -0.4 is 0 Å². The average molecular weight is 314 g/mol. The molecule has 0 spiro atoms. The maximum atomic E-state index is 12.0. The van der Waals surface area contributed by atoms with Gasteiger partial charge < -0.3 is 9.64 Å². The summed E-state index contributed by atoms with van der Waals surface area (Å²) in [6.07, 6.45) is 0.471. The molecule has 0 bridgehead atoms. The Labute approximate surface area is 131 Å². The molecule has 0 aromatic rings. The van der Waals surface area contributed by atoms with E-state index in [9.17, 15) is 9.59 Å². The first-order valence-corrected chi connectivity index (χ1v) is 8.57. The normalized spacial score (nSPS) is 28.0. The fourth-order valence-electron chi connectivity index (χ4n) is 2.64. The Kier molecular flexibility index (Phi) is 5.20. The molecule has 2 aliphatic heterocycles. The van der Waals surface area contributed by atoms with Crippen molar-refractivity contribution in [1.29, 1.82) is 0 Å². The first-order chi connectivity index (χ1) is 9.74. The quantitative estimate of drug-likeness (QED) is 0.780. The van der Waals surface area contributed by atoms with Crippen LogP contribution in [0.4, 0.5) is 4.79 Å². The summed E-state index contributed by atoms with van der Waals surface area (Å²) in [7, 11) is 0. The number of amides is 1. The van der Waals surface area contributed by atoms with Gasteiger partial charge in [-0.3, -0.25) is 9.69 Å². The highest BCUT2D eigenvalue weighted by Gasteiger charge is 2.32. The third kappa shape index (κ3) is 4.88. The first kappa shape index (κ1) is 16.6. The molecule has 2 saturated heterocycles. The topological polar surface area (TPSA) is 49.9 Å². The van der Waals surface area contributed by atoms with Crippen LogP contribution in [0.1, 0.15) is 34.1 Å². The van der Waals surface area contributed by atoms with E-state index < -0.39 is 5.60 Å². The molecule has 21 heavy (non-hydrogen) atoms. The van der Waals surface area contributed by atoms with Crippen molar-refractivity contribution in [3.63, 3.8) is 0 Å². The second-order valence-electron chi connectivity index (χ2n) is 6.84. The van der Waals surface area contributed by atoms with Gasteiger partial charge in [0.2, 0.25) is 0 Å². The van der Waals surface area contributed by atoms with Crippen LogP contribution in [0.2, 0.25) is 0 Å². The zero-order valence-corrected chi connectivity index (χ0v) is 14.2. The minimum absolute atomic E-state index is 0.151. The molecule has 2 atom stereocenters. The lowest BCUT2D eigenvalue weighted by Crippen LogP contribution is -2.51. The van der Waals surface area contributed by atoms with Crippen LogP contribution in [-0.2, 0) is 9.53 Å². The van der Waals surface area contributed by atoms with Crippen LogP contribution in [0.5, 0.6) is 0 Å². The van der Waals surface area contributed by atoms with E-state index in [1.54, 1.807) is 16.7 Å². The highest BCUT2D eigenvalue weighted by Crippen LogP contribution is 2.31. The predicted molar refractivity (Wildman–Crippen MR) is 84.7 cm³/mol. The molecule has 2 heterocycles. The fourth-order valence-corrected chi connectivity index (χ4v) is 4.02. The molecule has 0 radical (unpaired) electrons. The molecule has 2 aliphatic rings. The van der Waals surface area contributed by atoms with Crippen LogP contribution in [0.25, 0.3) is 0 Å². The van der Waals surface area contributed by atoms with Crippen LogP contribution in [-0.4, -0.2) is 70.5 Å². The number of Topliss-reactive ketones (excluding diaryl/α,β-unsaturated/α-hetero) is 1. The van der Waals surface area contributed by atoms with Gasteiger partial charge in [-0.2, -0.15) is 0 Å². The number of nitrogens with zero attached hydrogens (tertiary/aromatic N) is 2. The van der Waals surface area contributed by atoms with Gasteiger partial charge in [-0.1, -0.05) is 0 Å². The van der Waals surface area contributed by atoms with Gasteiger partial charge in [-0.05, 0) is 27.7 Å². The van der Waals surface area contributed by atoms with Crippen molar-refractivity contribution in [1.82, 2.24) is 9.80 Å². The largest absolute Gasteiger partial charge is 0.444 e. The molecular weight excluding hydrogens is 288 g/mol. The number of thioether (sulfide) groups is 1. The molecule has 6 heteroatoms. The number of hydrogen-bond acceptors (Lipinski definition) is 5. The molecule has 120 valence electrons. The number of ketones is 1. The summed E-state index contributed by atoms with van der Waals surface area (Å²) in [5.41, 5.74) is -0.439. The summed E-state index contributed by atoms with van der Waals surface area (Å²) in [6.45, 7) is 11.7. The lowest BCUT2D eigenvalue weighted by Gasteiger charge is -2.36. The summed E-state index contributed by atoms with van der Waals surface area (Å²) in [4.78, 5) is 27.7. The highest BCUT2D eigenvalue weighted by atomic mass is 32.2. The second kappa shape index (κ2) is 6.57. The number of hydrogen-bond donors (Lipinski definition) is 0. The minimum Gasteiger partial charge on any atom is -0.444 e. The Morgan fingerprint density at radius 3 is 2.38 bits per heavy atom. The van der Waals surface area contributed by atoms with Gasteiger partial charge in [0.1, 0.15) is 11.4 Å². The van der Waals surface area contributed by atoms with Crippen molar-refractivity contribution >= 4 is 23.6 Å². The standard InChI is InChI=1S/C15H26N2O3S/c1-11-13(18)9-12(21-11)10-16-5-7-17(8-6-16)14(19)20-15(2,3)4/h11-12H,5-10H2,1-4H3. The van der Waals surface area contributed by atoms with Crippen molar-refractivity contribution in [2.75, 3.05) is 32.7 Å². The highest BCUT2D eigenvalue weighted by molar-refractivity contribution is 8.01. The van der Waals surface area contributed by atoms with Crippen LogP contribution >= 0.6 is 11.8 Å². The van der Waals surface area contributed by atoms with Gasteiger partial charge in [0.05, 0.1) is 5.25 Å². The molecule has 2 rings (SSSR count). The molecule has 0 N–H and O–H groups in total. The van der Waals surface area contributed by atoms with Crippen molar-refractivity contribution in [3.8, 4) is 0 Å². The zero-order chi connectivity index (χ0) is 15.6. The molecule has 5 nitrogen and oxygen atoms in total. The third-order valence-corrected chi connectivity index (χ3v) is 5.14. The Morgan fingerprint density at radius 1 is 1.29 bits per heavy atom. The van der Waals surface area contributed by atoms with E-state index in [1.807, 2.05) is 27.7 Å². The maximum absolute atomic E-state index is 12.0. The molecule has 0 aromatic carbocycles. The van der Waals surface area contributed by atoms with Gasteiger partial charge >= 0.3 is 6.09 Å². The molecule has 2 unspecified atom stereocenters. The summed E-state index contributed by atoms with van der Waals surface area (Å²) in [5.74, 6) is 0.373. The first-order valence-electron chi connectivity index (χ1n) is 7.63. The number of rotatable bonds is 2. The second-order valence-corrected chi connectivity index (χ2v) is 8.48. The SMILES string of the molecule is CC1SC(CN2CCN(C(=O)OC(C)(C)C)CC2)CC1=O. The van der Waals surface area contributed by atoms with Crippen molar-refractivity contribution < 1.29 is 14.3 Å². The lowest BCUT2D eigenvalue weighted by molar-refractivity contribution is -0.117. The number of piperazine rings is 1. The van der Waals surface area contributed by atoms with E-state index in [-0.39, 0.29) is 11.3 Å². The zero-order valence-electron chi connectivity index (χ0n) is 13.4. The fraction of sp³-hybridized carbons (Fsp3) is 0.867. The molecule has 2 fully saturated rings. The Morgan fingerprint density at radius 2 is 1.90 bits per heavy atom. The smallest absolute Gasteiger partial charge is 0.410 e. The summed E-state index contributed by atoms with van der Waals surface area (Å²) in [6, 6.07) is 0. The Bertz CT molecular complexity index is 400. The van der Waals surface area contributed by atoms with E-state index in [0.29, 0.717) is 30.5 Å². The molecule has 1 amide bonds. The van der Waals surface area contributed by atoms with Crippen LogP contribution in [0.15, 0.2) is 0 Å². The van der Waals surface area contributed by atoms with Gasteiger partial charge in [0, 0.05) is 44.4 Å². The third-order valence-electron chi connectivity index (χ3n) is 3.76. The number of ether oxygens (including phenoxy) is 1. The molecular formula is C15H26N2O3S. The van der Waals surface area contributed by atoms with Gasteiger partial charge in [0.15, 0.2) is 0 Å². The van der Waals surface area contributed by atoms with E-state index >= 15 is 0 Å². The van der Waals surface area contributed by atoms with Crippen LogP contribution in [0.3, 0.4) is 0 Å². The van der Waals surface area contributed by atoms with E-state index in [0.717, 1.165) is 19.6 Å². The van der Waals surface area contributed by atoms with Crippen molar-refractivity contribution in [2.24, 2.45) is 0 Å². The van der Waals surface area contributed by atoms with E-state index in [4.69, 9.17) is 4.74 Å². The number of carbonyl (C=O) groups excluding carboxylic acids is 2. The molecule has 0 aromatic heterocycles. The molecule has 0 saturated carbocycles. The van der Waals surface area contributed by atoms with Gasteiger partial charge in [0.25, 0.3) is 0 Å². The summed E-state index contributed by atoms with van der Waals surface area (Å²) < 4.78 is 5.39. The summed E-state index contributed by atoms with van der Waals surface area (Å²) in [5, 5.41) is 0.568. The molecule has 0 aliphatic carbocycles. The minimum atomic E-state index is -0.439. The average Bonchev–Trinajstić information content (AvgIpc) is 2.67. The van der Waals surface area contributed by atoms with E-state index in [2.05, 4.69) is 4.90 Å². The summed E-state index contributed by atoms with van der Waals surface area (Å²) >= 11 is 1.79. The van der Waals surface area contributed by atoms with Crippen LogP contribution in [0, 0.1) is 0 Å². The van der Waals surface area contributed by atoms with E-state index in [1.165, 1.54) is 0 Å². The lowest BCUT2D eigenvalue weighted by atomic mass is 10.1. The Balaban J connectivity index is 1.73.